The molecule has 10 nitrogen and oxygen atoms in total. The fourth-order valence-electron chi connectivity index (χ4n) is 8.09. The largest absolute Gasteiger partial charge is 0.507 e. The van der Waals surface area contributed by atoms with Crippen LogP contribution >= 0.6 is 11.6 Å². The number of primary amides is 1. The molecule has 4 aliphatic rings. The van der Waals surface area contributed by atoms with E-state index in [1.54, 1.807) is 14.1 Å². The number of hydrogen-bond donors (Lipinski definition) is 3. The Morgan fingerprint density at radius 3 is 2.46 bits per heavy atom. The van der Waals surface area contributed by atoms with Gasteiger partial charge in [-0.2, -0.15) is 0 Å². The third kappa shape index (κ3) is 4.28. The Labute approximate surface area is 244 Å². The van der Waals surface area contributed by atoms with Crippen molar-refractivity contribution in [3.05, 3.63) is 27.8 Å². The molecule has 8 unspecified atom stereocenters. The highest BCUT2D eigenvalue weighted by Gasteiger charge is 2.69. The molecule has 41 heavy (non-hydrogen) atoms. The number of benzene rings is 1. The van der Waals surface area contributed by atoms with Crippen molar-refractivity contribution in [2.45, 2.75) is 57.7 Å². The first-order valence-corrected chi connectivity index (χ1v) is 14.6. The number of aliphatic hydroxyl groups is 1. The van der Waals surface area contributed by atoms with Gasteiger partial charge in [0.25, 0.3) is 0 Å². The lowest BCUT2D eigenvalue weighted by atomic mass is 9.52. The fraction of sp³-hybridized carbons (Fsp3) is 0.633. The molecule has 1 saturated heterocycles. The van der Waals surface area contributed by atoms with Gasteiger partial charge >= 0.3 is 0 Å². The number of carbonyl (C=O) groups excluding carboxylic acids is 5. The first kappa shape index (κ1) is 29.8. The van der Waals surface area contributed by atoms with Gasteiger partial charge < -0.3 is 15.9 Å². The van der Waals surface area contributed by atoms with Crippen molar-refractivity contribution in [3.63, 3.8) is 0 Å². The van der Waals surface area contributed by atoms with Gasteiger partial charge in [0.2, 0.25) is 5.91 Å². The predicted molar refractivity (Wildman–Crippen MR) is 149 cm³/mol. The average molecular weight is 588 g/mol. The number of phenols is 1. The van der Waals surface area contributed by atoms with E-state index in [0.717, 1.165) is 25.1 Å². The molecule has 1 amide bonds. The minimum Gasteiger partial charge on any atom is -0.507 e. The lowest BCUT2D eigenvalue weighted by molar-refractivity contribution is -0.181. The maximum Gasteiger partial charge on any atom is 0.235 e. The van der Waals surface area contributed by atoms with E-state index >= 15 is 0 Å². The van der Waals surface area contributed by atoms with Crippen LogP contribution in [0.4, 0.5) is 0 Å². The zero-order chi connectivity index (χ0) is 30.3. The molecular formula is C30H38ClN3O7. The number of phenolic OH excluding ortho intramolecular Hbond substituents is 1. The summed E-state index contributed by atoms with van der Waals surface area (Å²) in [5.74, 6) is -9.97. The first-order chi connectivity index (χ1) is 19.1. The van der Waals surface area contributed by atoms with Crippen LogP contribution in [0.1, 0.15) is 61.1 Å². The number of ketones is 4. The molecule has 0 spiro atoms. The first-order valence-electron chi connectivity index (χ1n) is 14.3. The van der Waals surface area contributed by atoms with E-state index in [-0.39, 0.29) is 36.1 Å². The van der Waals surface area contributed by atoms with Gasteiger partial charge in [0, 0.05) is 23.5 Å². The maximum atomic E-state index is 14.0. The van der Waals surface area contributed by atoms with Crippen molar-refractivity contribution in [2.75, 3.05) is 27.2 Å². The van der Waals surface area contributed by atoms with Gasteiger partial charge in [0.15, 0.2) is 34.7 Å². The summed E-state index contributed by atoms with van der Waals surface area (Å²) in [5, 5.41) is 23.3. The van der Waals surface area contributed by atoms with Gasteiger partial charge in [-0.1, -0.05) is 32.4 Å². The van der Waals surface area contributed by atoms with Crippen LogP contribution in [0.2, 0.25) is 5.02 Å². The average Bonchev–Trinajstić information content (AvgIpc) is 3.21. The van der Waals surface area contributed by atoms with E-state index in [1.807, 2.05) is 0 Å². The van der Waals surface area contributed by atoms with Crippen LogP contribution in [0.5, 0.6) is 5.75 Å². The van der Waals surface area contributed by atoms with Gasteiger partial charge in [-0.05, 0) is 74.8 Å². The highest BCUT2D eigenvalue weighted by atomic mass is 35.5. The minimum absolute atomic E-state index is 0.00941. The number of amides is 1. The number of likely N-dealkylation sites (tertiary alicyclic amines) is 1. The van der Waals surface area contributed by atoms with Crippen molar-refractivity contribution in [2.24, 2.45) is 41.2 Å². The fourth-order valence-corrected chi connectivity index (χ4v) is 8.43. The third-order valence-corrected chi connectivity index (χ3v) is 10.2. The minimum atomic E-state index is -2.74. The lowest BCUT2D eigenvalue weighted by Gasteiger charge is -2.52. The Bertz CT molecular complexity index is 1360. The highest BCUT2D eigenvalue weighted by Crippen LogP contribution is 2.53. The molecule has 4 N–H and O–H groups in total. The topological polar surface area (TPSA) is 158 Å². The summed E-state index contributed by atoms with van der Waals surface area (Å²) in [7, 11) is 3.11. The van der Waals surface area contributed by atoms with Crippen LogP contribution in [-0.4, -0.2) is 87.9 Å². The van der Waals surface area contributed by atoms with Gasteiger partial charge in [-0.15, -0.1) is 0 Å². The van der Waals surface area contributed by atoms with Crippen molar-refractivity contribution < 1.29 is 34.2 Å². The van der Waals surface area contributed by atoms with Gasteiger partial charge in [0.05, 0.1) is 17.5 Å². The molecule has 222 valence electrons. The third-order valence-electron chi connectivity index (χ3n) is 9.74. The zero-order valence-electron chi connectivity index (χ0n) is 24.0. The zero-order valence-corrected chi connectivity index (χ0v) is 24.8. The van der Waals surface area contributed by atoms with Crippen LogP contribution in [-0.2, 0) is 25.6 Å². The Hall–Kier alpha value is -2.66. The molecule has 5 rings (SSSR count). The number of halogens is 1. The Kier molecular flexibility index (Phi) is 7.46. The van der Waals surface area contributed by atoms with Crippen LogP contribution in [0.25, 0.3) is 0 Å². The molecular weight excluding hydrogens is 550 g/mol. The number of nitrogens with two attached hydrogens (primary N) is 1. The van der Waals surface area contributed by atoms with E-state index in [2.05, 4.69) is 25.7 Å². The van der Waals surface area contributed by atoms with Crippen LogP contribution in [0, 0.1) is 35.5 Å². The molecule has 11 heteroatoms. The second-order valence-corrected chi connectivity index (χ2v) is 13.4. The molecule has 1 aromatic carbocycles. The number of Topliss-reactive ketones (excluding diaryl/α,β-unsaturated/α-hetero) is 4. The van der Waals surface area contributed by atoms with Crippen molar-refractivity contribution in [1.82, 2.24) is 9.80 Å². The normalized spacial score (nSPS) is 35.6. The Morgan fingerprint density at radius 2 is 1.88 bits per heavy atom. The summed E-state index contributed by atoms with van der Waals surface area (Å²) in [6, 6.07) is 0.319. The maximum absolute atomic E-state index is 14.0. The molecule has 1 aliphatic heterocycles. The second-order valence-electron chi connectivity index (χ2n) is 13.0. The molecule has 2 saturated carbocycles. The van der Waals surface area contributed by atoms with Crippen molar-refractivity contribution >= 4 is 40.6 Å². The molecule has 3 aliphatic carbocycles. The standard InChI is InChI=1S/C30H38ClN3O7/c1-12(2)11-34-7-6-13(3)23(34)16-10-18(35)20-15(22(16)31)8-14-9-17-24(33(4)5)26(37)21(29(32)40)28(39)30(17,41)27(38)19(14)25(20)36/h10,12-14,17,19,21,23-24,35,41H,6-9,11H2,1-5H3,(H2,32,40). The second kappa shape index (κ2) is 10.3. The number of hydrogen-bond acceptors (Lipinski definition) is 9. The lowest BCUT2D eigenvalue weighted by Crippen LogP contribution is -2.74. The summed E-state index contributed by atoms with van der Waals surface area (Å²) in [5.41, 5.74) is 3.72. The molecule has 8 atom stereocenters. The molecule has 0 bridgehead atoms. The SMILES string of the molecule is CC(C)CN1CCC(C)C1c1cc(O)c2c(c1Cl)CC1CC3C(N(C)C)C(=O)C(C(N)=O)C(=O)C3(O)C(=O)C1C2=O. The molecule has 3 fully saturated rings. The smallest absolute Gasteiger partial charge is 0.235 e. The quantitative estimate of drug-likeness (QED) is 0.435. The number of aromatic hydroxyl groups is 1. The highest BCUT2D eigenvalue weighted by molar-refractivity contribution is 6.35. The Morgan fingerprint density at radius 1 is 1.22 bits per heavy atom. The summed E-state index contributed by atoms with van der Waals surface area (Å²) in [4.78, 5) is 70.5. The number of carbonyl (C=O) groups is 5. The number of likely N-dealkylation sites (N-methyl/N-ethyl adjacent to an activating group) is 1. The van der Waals surface area contributed by atoms with Crippen LogP contribution in [0.15, 0.2) is 6.07 Å². The number of fused-ring (bicyclic) bond motifs is 3. The van der Waals surface area contributed by atoms with Gasteiger partial charge in [0.1, 0.15) is 5.75 Å². The molecule has 0 radical (unpaired) electrons. The summed E-state index contributed by atoms with van der Waals surface area (Å²) in [6.45, 7) is 8.15. The molecule has 1 heterocycles. The Balaban J connectivity index is 1.60. The summed E-state index contributed by atoms with van der Waals surface area (Å²) in [6.07, 6.45) is 1.10. The number of rotatable bonds is 5. The molecule has 0 aromatic heterocycles. The van der Waals surface area contributed by atoms with Crippen LogP contribution in [0.3, 0.4) is 0 Å². The van der Waals surface area contributed by atoms with E-state index < -0.39 is 64.4 Å². The summed E-state index contributed by atoms with van der Waals surface area (Å²) >= 11 is 7.03. The van der Waals surface area contributed by atoms with E-state index in [4.69, 9.17) is 17.3 Å². The van der Waals surface area contributed by atoms with E-state index in [9.17, 15) is 34.2 Å². The summed E-state index contributed by atoms with van der Waals surface area (Å²) < 4.78 is 0. The predicted octanol–water partition coefficient (Wildman–Crippen LogP) is 1.56. The molecule has 1 aromatic rings. The van der Waals surface area contributed by atoms with E-state index in [1.165, 1.54) is 11.0 Å². The number of nitrogens with zero attached hydrogens (tertiary/aromatic N) is 2. The van der Waals surface area contributed by atoms with E-state index in [0.29, 0.717) is 16.5 Å². The van der Waals surface area contributed by atoms with Crippen LogP contribution < -0.4 is 5.73 Å². The monoisotopic (exact) mass is 587 g/mol. The van der Waals surface area contributed by atoms with Crippen molar-refractivity contribution in [3.8, 4) is 5.75 Å². The van der Waals surface area contributed by atoms with Crippen molar-refractivity contribution in [1.29, 1.82) is 0 Å². The van der Waals surface area contributed by atoms with Gasteiger partial charge in [-0.3, -0.25) is 33.8 Å². The van der Waals surface area contributed by atoms with Gasteiger partial charge in [-0.25, -0.2) is 0 Å².